The third kappa shape index (κ3) is 5.44. The number of benzene rings is 4. The predicted molar refractivity (Wildman–Crippen MR) is 146 cm³/mol. The molecule has 3 N–H and O–H groups in total. The number of carbonyl (C=O) groups excluding carboxylic acids is 1. The first-order valence-corrected chi connectivity index (χ1v) is 13.3. The molecule has 0 spiro atoms. The smallest absolute Gasteiger partial charge is 0.298 e. The van der Waals surface area contributed by atoms with E-state index in [9.17, 15) is 22.9 Å². The maximum atomic E-state index is 13.2. The number of hydrogen-bond donors (Lipinski definition) is 3. The van der Waals surface area contributed by atoms with Gasteiger partial charge in [0.15, 0.2) is 5.75 Å². The maximum absolute atomic E-state index is 13.2. The summed E-state index contributed by atoms with van der Waals surface area (Å²) in [4.78, 5) is 12.6. The lowest BCUT2D eigenvalue weighted by Crippen LogP contribution is -2.12. The second kappa shape index (κ2) is 11.0. The average Bonchev–Trinajstić information content (AvgIpc) is 2.88. The number of ether oxygens (including phenoxy) is 1. The van der Waals surface area contributed by atoms with Crippen LogP contribution in [0.2, 0.25) is 10.0 Å². The zero-order valence-electron chi connectivity index (χ0n) is 20.1. The number of methoxy groups -OCH3 is 1. The number of phenols is 1. The fourth-order valence-electron chi connectivity index (χ4n) is 3.84. The van der Waals surface area contributed by atoms with Crippen molar-refractivity contribution in [2.75, 3.05) is 12.4 Å². The van der Waals surface area contributed by atoms with Gasteiger partial charge in [-0.2, -0.15) is 8.42 Å². The number of amides is 1. The normalized spacial score (nSPS) is 11.7. The lowest BCUT2D eigenvalue weighted by atomic mass is 10.0. The molecule has 0 aromatic heterocycles. The number of phenolic OH excluding ortho intramolecular Hbond substituents is 1. The summed E-state index contributed by atoms with van der Waals surface area (Å²) in [6.45, 7) is 1.76. The van der Waals surface area contributed by atoms with Gasteiger partial charge >= 0.3 is 0 Å². The second-order valence-electron chi connectivity index (χ2n) is 8.06. The Kier molecular flexibility index (Phi) is 7.89. The molecule has 196 valence electrons. The first-order valence-electron chi connectivity index (χ1n) is 11.1. The Labute approximate surface area is 228 Å². The first kappa shape index (κ1) is 27.3. The molecule has 0 heterocycles. The van der Waals surface area contributed by atoms with E-state index in [0.717, 1.165) is 0 Å². The molecular weight excluding hydrogens is 553 g/mol. The molecule has 0 unspecified atom stereocenters. The number of nitrogens with one attached hydrogen (secondary N) is 1. The first-order chi connectivity index (χ1) is 18.0. The molecule has 0 atom stereocenters. The summed E-state index contributed by atoms with van der Waals surface area (Å²) in [7, 11) is -3.28. The van der Waals surface area contributed by atoms with Crippen molar-refractivity contribution in [3.63, 3.8) is 0 Å². The Hall–Kier alpha value is -3.70. The van der Waals surface area contributed by atoms with Gasteiger partial charge in [0, 0.05) is 11.5 Å². The monoisotopic (exact) mass is 573 g/mol. The van der Waals surface area contributed by atoms with Crippen LogP contribution in [0.4, 0.5) is 17.1 Å². The van der Waals surface area contributed by atoms with Crippen LogP contribution in [0.1, 0.15) is 22.8 Å². The molecule has 0 aliphatic rings. The number of hydrogen-bond acceptors (Lipinski definition) is 7. The van der Waals surface area contributed by atoms with Crippen molar-refractivity contribution in [1.29, 1.82) is 0 Å². The van der Waals surface area contributed by atoms with Crippen LogP contribution in [-0.2, 0) is 16.5 Å². The molecular formula is C26H21Cl2N3O6S. The zero-order chi connectivity index (χ0) is 27.6. The topological polar surface area (TPSA) is 138 Å². The molecule has 0 saturated carbocycles. The van der Waals surface area contributed by atoms with Crippen LogP contribution in [0.25, 0.3) is 10.8 Å². The van der Waals surface area contributed by atoms with Gasteiger partial charge in [-0.05, 0) is 41.6 Å². The third-order valence-corrected chi connectivity index (χ3v) is 7.40. The van der Waals surface area contributed by atoms with Crippen molar-refractivity contribution >= 4 is 67.1 Å². The standard InChI is InChI=1S/C26H21Cl2N3O6S/c1-3-14-8-10-20(28)25(38(34,35)36)22(14)30-31-23-17-7-5-4-6-15(17)12-18(24(23)32)26(33)29-21-13-16(37-2)9-11-19(21)27/h4-13,32H,3H2,1-2H3,(H,29,33)(H,34,35,36). The molecule has 0 radical (unpaired) electrons. The van der Waals surface area contributed by atoms with Gasteiger partial charge in [-0.15, -0.1) is 10.2 Å². The van der Waals surface area contributed by atoms with Gasteiger partial charge in [0.1, 0.15) is 22.0 Å². The van der Waals surface area contributed by atoms with Gasteiger partial charge in [0.2, 0.25) is 0 Å². The van der Waals surface area contributed by atoms with E-state index >= 15 is 0 Å². The van der Waals surface area contributed by atoms with Gasteiger partial charge in [-0.3, -0.25) is 9.35 Å². The summed E-state index contributed by atoms with van der Waals surface area (Å²) in [5.41, 5.74) is 0.304. The van der Waals surface area contributed by atoms with E-state index in [0.29, 0.717) is 28.5 Å². The van der Waals surface area contributed by atoms with E-state index < -0.39 is 26.7 Å². The number of azo groups is 1. The van der Waals surface area contributed by atoms with Crippen molar-refractivity contribution in [3.8, 4) is 11.5 Å². The largest absolute Gasteiger partial charge is 0.505 e. The van der Waals surface area contributed by atoms with Gasteiger partial charge in [0.25, 0.3) is 16.0 Å². The Morgan fingerprint density at radius 1 is 1.00 bits per heavy atom. The van der Waals surface area contributed by atoms with Crippen molar-refractivity contribution in [2.24, 2.45) is 10.2 Å². The lowest BCUT2D eigenvalue weighted by Gasteiger charge is -2.13. The molecule has 0 bridgehead atoms. The number of halogens is 2. The minimum atomic E-state index is -4.75. The van der Waals surface area contributed by atoms with Crippen molar-refractivity contribution in [3.05, 3.63) is 81.8 Å². The Morgan fingerprint density at radius 2 is 1.68 bits per heavy atom. The van der Waals surface area contributed by atoms with Crippen LogP contribution in [0.5, 0.6) is 11.5 Å². The van der Waals surface area contributed by atoms with E-state index in [4.69, 9.17) is 27.9 Å². The number of carbonyl (C=O) groups is 1. The average molecular weight is 574 g/mol. The summed E-state index contributed by atoms with van der Waals surface area (Å²) >= 11 is 12.3. The number of nitrogens with zero attached hydrogens (tertiary/aromatic N) is 2. The molecule has 1 amide bonds. The third-order valence-electron chi connectivity index (χ3n) is 5.72. The molecule has 0 aliphatic heterocycles. The number of rotatable bonds is 7. The van der Waals surface area contributed by atoms with Crippen LogP contribution < -0.4 is 10.1 Å². The Balaban J connectivity index is 1.87. The van der Waals surface area contributed by atoms with Crippen LogP contribution >= 0.6 is 23.2 Å². The highest BCUT2D eigenvalue weighted by Crippen LogP contribution is 2.42. The van der Waals surface area contributed by atoms with Crippen LogP contribution in [0.3, 0.4) is 0 Å². The molecule has 9 nitrogen and oxygen atoms in total. The van der Waals surface area contributed by atoms with E-state index in [1.165, 1.54) is 25.3 Å². The van der Waals surface area contributed by atoms with Crippen LogP contribution in [0, 0.1) is 0 Å². The van der Waals surface area contributed by atoms with Gasteiger partial charge in [0.05, 0.1) is 28.4 Å². The van der Waals surface area contributed by atoms with Gasteiger partial charge in [-0.1, -0.05) is 60.5 Å². The van der Waals surface area contributed by atoms with Gasteiger partial charge in [-0.25, -0.2) is 0 Å². The SMILES string of the molecule is CCc1ccc(Cl)c(S(=O)(=O)O)c1N=Nc1c(O)c(C(=O)Nc2cc(OC)ccc2Cl)cc2ccccc12. The summed E-state index contributed by atoms with van der Waals surface area (Å²) in [5, 5.41) is 23.0. The zero-order valence-corrected chi connectivity index (χ0v) is 22.4. The number of aromatic hydroxyl groups is 1. The van der Waals surface area contributed by atoms with Crippen LogP contribution in [0.15, 0.2) is 75.8 Å². The van der Waals surface area contributed by atoms with Crippen molar-refractivity contribution in [2.45, 2.75) is 18.2 Å². The number of anilines is 1. The van der Waals surface area contributed by atoms with E-state index in [2.05, 4.69) is 15.5 Å². The van der Waals surface area contributed by atoms with Crippen LogP contribution in [-0.4, -0.2) is 31.1 Å². The second-order valence-corrected chi connectivity index (χ2v) is 10.2. The van der Waals surface area contributed by atoms with Crippen molar-refractivity contribution < 1.29 is 27.6 Å². The fraction of sp³-hybridized carbons (Fsp3) is 0.115. The maximum Gasteiger partial charge on any atom is 0.298 e. The van der Waals surface area contributed by atoms with E-state index in [1.807, 2.05) is 0 Å². The number of aryl methyl sites for hydroxylation is 1. The summed E-state index contributed by atoms with van der Waals surface area (Å²) < 4.78 is 39.1. The summed E-state index contributed by atoms with van der Waals surface area (Å²) in [6, 6.07) is 15.9. The van der Waals surface area contributed by atoms with Crippen molar-refractivity contribution in [1.82, 2.24) is 0 Å². The molecule has 4 aromatic rings. The minimum Gasteiger partial charge on any atom is -0.505 e. The van der Waals surface area contributed by atoms with E-state index in [-0.39, 0.29) is 32.7 Å². The molecule has 0 saturated heterocycles. The van der Waals surface area contributed by atoms with E-state index in [1.54, 1.807) is 49.4 Å². The number of fused-ring (bicyclic) bond motifs is 1. The fourth-order valence-corrected chi connectivity index (χ4v) is 5.18. The molecule has 4 rings (SSSR count). The Bertz CT molecular complexity index is 1710. The predicted octanol–water partition coefficient (Wildman–Crippen LogP) is 7.34. The lowest BCUT2D eigenvalue weighted by molar-refractivity contribution is 0.102. The molecule has 38 heavy (non-hydrogen) atoms. The Morgan fingerprint density at radius 3 is 2.37 bits per heavy atom. The highest BCUT2D eigenvalue weighted by molar-refractivity contribution is 7.86. The molecule has 0 aliphatic carbocycles. The highest BCUT2D eigenvalue weighted by Gasteiger charge is 2.24. The minimum absolute atomic E-state index is 0.0895. The quantitative estimate of drug-likeness (QED) is 0.156. The summed E-state index contributed by atoms with van der Waals surface area (Å²) in [6.07, 6.45) is 0.352. The summed E-state index contributed by atoms with van der Waals surface area (Å²) in [5.74, 6) is -0.724. The van der Waals surface area contributed by atoms with Gasteiger partial charge < -0.3 is 15.2 Å². The molecule has 4 aromatic carbocycles. The molecule has 0 fully saturated rings. The highest BCUT2D eigenvalue weighted by atomic mass is 35.5. The molecule has 12 heteroatoms.